The van der Waals surface area contributed by atoms with Crippen LogP contribution in [-0.2, 0) is 6.54 Å². The Bertz CT molecular complexity index is 1300. The first-order valence-electron chi connectivity index (χ1n) is 14.7. The summed E-state index contributed by atoms with van der Waals surface area (Å²) in [5.74, 6) is 1.04. The van der Waals surface area contributed by atoms with Crippen LogP contribution in [0.25, 0.3) is 22.0 Å². The first-order chi connectivity index (χ1) is 18.8. The van der Waals surface area contributed by atoms with E-state index in [4.69, 9.17) is 0 Å². The van der Waals surface area contributed by atoms with Crippen molar-refractivity contribution in [1.29, 1.82) is 0 Å². The van der Waals surface area contributed by atoms with Gasteiger partial charge in [-0.25, -0.2) is 0 Å². The van der Waals surface area contributed by atoms with Crippen molar-refractivity contribution in [3.63, 3.8) is 0 Å². The van der Waals surface area contributed by atoms with Crippen LogP contribution in [0.3, 0.4) is 0 Å². The molecule has 1 aromatic heterocycles. The molecular weight excluding hydrogens is 482 g/mol. The van der Waals surface area contributed by atoms with Crippen LogP contribution in [0.15, 0.2) is 94.6 Å². The van der Waals surface area contributed by atoms with Crippen molar-refractivity contribution in [3.8, 4) is 11.1 Å². The molecule has 0 amide bonds. The van der Waals surface area contributed by atoms with Gasteiger partial charge in [0, 0.05) is 10.3 Å². The van der Waals surface area contributed by atoms with E-state index in [1.165, 1.54) is 76.0 Å². The van der Waals surface area contributed by atoms with Crippen LogP contribution in [0.5, 0.6) is 0 Å². The molecule has 0 radical (unpaired) electrons. The first kappa shape index (κ1) is 28.2. The van der Waals surface area contributed by atoms with E-state index in [0.29, 0.717) is 6.54 Å². The monoisotopic (exact) mass is 525 g/mol. The maximum Gasteiger partial charge on any atom is 0.260 e. The van der Waals surface area contributed by atoms with E-state index < -0.39 is 0 Å². The minimum atomic E-state index is 0.0974. The van der Waals surface area contributed by atoms with E-state index in [1.807, 2.05) is 58.8 Å². The van der Waals surface area contributed by atoms with Crippen LogP contribution in [0.1, 0.15) is 83.1 Å². The number of rotatable bonds is 16. The molecule has 0 N–H and O–H groups in total. The summed E-state index contributed by atoms with van der Waals surface area (Å²) < 4.78 is 1.96. The van der Waals surface area contributed by atoms with Crippen LogP contribution in [0.2, 0.25) is 0 Å². The number of nitrogens with zero attached hydrogens (tertiary/aromatic N) is 1. The van der Waals surface area contributed by atoms with Crippen molar-refractivity contribution in [2.45, 2.75) is 89.0 Å². The molecule has 4 rings (SSSR count). The van der Waals surface area contributed by atoms with Gasteiger partial charge in [-0.15, -0.1) is 11.8 Å². The minimum absolute atomic E-state index is 0.0974. The minimum Gasteiger partial charge on any atom is -0.303 e. The van der Waals surface area contributed by atoms with E-state index in [2.05, 4.69) is 49.4 Å². The summed E-state index contributed by atoms with van der Waals surface area (Å²) in [7, 11) is 0. The Kier molecular flexibility index (Phi) is 11.6. The Hall–Kier alpha value is -2.78. The summed E-state index contributed by atoms with van der Waals surface area (Å²) in [4.78, 5) is 15.2. The van der Waals surface area contributed by atoms with E-state index in [-0.39, 0.29) is 5.56 Å². The van der Waals surface area contributed by atoms with Gasteiger partial charge in [0.25, 0.3) is 5.56 Å². The van der Waals surface area contributed by atoms with Crippen molar-refractivity contribution in [2.24, 2.45) is 0 Å². The van der Waals surface area contributed by atoms with Crippen molar-refractivity contribution in [3.05, 3.63) is 101 Å². The van der Waals surface area contributed by atoms with Gasteiger partial charge in [0.05, 0.1) is 17.6 Å². The highest BCUT2D eigenvalue weighted by Crippen LogP contribution is 2.36. The predicted octanol–water partition coefficient (Wildman–Crippen LogP) is 10.1. The molecule has 3 heteroatoms. The fourth-order valence-corrected chi connectivity index (χ4v) is 6.48. The molecule has 0 aliphatic rings. The molecule has 1 heterocycles. The highest BCUT2D eigenvalue weighted by atomic mass is 32.2. The van der Waals surface area contributed by atoms with Crippen molar-refractivity contribution >= 4 is 22.7 Å². The third-order valence-electron chi connectivity index (χ3n) is 7.37. The van der Waals surface area contributed by atoms with E-state index >= 15 is 0 Å². The van der Waals surface area contributed by atoms with Crippen LogP contribution in [0.4, 0.5) is 0 Å². The number of hydrogen-bond donors (Lipinski definition) is 0. The normalized spacial score (nSPS) is 11.3. The van der Waals surface area contributed by atoms with Crippen molar-refractivity contribution in [1.82, 2.24) is 4.57 Å². The van der Waals surface area contributed by atoms with Crippen molar-refractivity contribution in [2.75, 3.05) is 5.75 Å². The fourth-order valence-electron chi connectivity index (χ4n) is 5.25. The summed E-state index contributed by atoms with van der Waals surface area (Å²) in [5.41, 5.74) is 4.10. The fraction of sp³-hybridized carbons (Fsp3) is 0.400. The second kappa shape index (κ2) is 15.6. The summed E-state index contributed by atoms with van der Waals surface area (Å²) in [5, 5.41) is 1.18. The van der Waals surface area contributed by atoms with Gasteiger partial charge in [0.15, 0.2) is 0 Å². The van der Waals surface area contributed by atoms with E-state index in [0.717, 1.165) is 32.9 Å². The average molecular weight is 526 g/mol. The maximum absolute atomic E-state index is 14.1. The molecule has 0 unspecified atom stereocenters. The highest BCUT2D eigenvalue weighted by Gasteiger charge is 2.18. The van der Waals surface area contributed by atoms with Crippen LogP contribution in [0, 0.1) is 0 Å². The molecule has 0 spiro atoms. The number of pyridine rings is 1. The summed E-state index contributed by atoms with van der Waals surface area (Å²) in [6.07, 6.45) is 14.8. The average Bonchev–Trinajstić information content (AvgIpc) is 2.96. The number of fused-ring (bicyclic) bond motifs is 1. The van der Waals surface area contributed by atoms with Crippen LogP contribution in [-0.4, -0.2) is 10.3 Å². The van der Waals surface area contributed by atoms with Crippen molar-refractivity contribution < 1.29 is 0 Å². The van der Waals surface area contributed by atoms with Gasteiger partial charge >= 0.3 is 0 Å². The third-order valence-corrected chi connectivity index (χ3v) is 8.57. The molecule has 38 heavy (non-hydrogen) atoms. The smallest absolute Gasteiger partial charge is 0.260 e. The quantitative estimate of drug-likeness (QED) is 0.107. The van der Waals surface area contributed by atoms with E-state index in [9.17, 15) is 4.79 Å². The van der Waals surface area contributed by atoms with Gasteiger partial charge in [-0.3, -0.25) is 4.79 Å². The lowest BCUT2D eigenvalue weighted by Gasteiger charge is -2.18. The molecule has 2 nitrogen and oxygen atoms in total. The van der Waals surface area contributed by atoms with E-state index in [1.54, 1.807) is 0 Å². The number of benzene rings is 3. The standard InChI is InChI=1S/C35H43NOS/c1-2-3-4-5-6-7-8-9-10-11-20-27-38-34-31-25-18-19-26-32(31)36(28-29-21-14-12-15-22-29)35(37)33(34)30-23-16-13-17-24-30/h12-19,21-26H,2-11,20,27-28H2,1H3. The molecule has 3 aromatic carbocycles. The zero-order chi connectivity index (χ0) is 26.4. The lowest BCUT2D eigenvalue weighted by atomic mass is 10.0. The topological polar surface area (TPSA) is 22.0 Å². The van der Waals surface area contributed by atoms with Crippen LogP contribution < -0.4 is 5.56 Å². The lowest BCUT2D eigenvalue weighted by Crippen LogP contribution is -2.24. The summed E-state index contributed by atoms with van der Waals surface area (Å²) >= 11 is 1.87. The number of aromatic nitrogens is 1. The Labute approximate surface area is 233 Å². The summed E-state index contributed by atoms with van der Waals surface area (Å²) in [6, 6.07) is 29.0. The molecule has 0 bridgehead atoms. The Morgan fingerprint density at radius 3 is 1.84 bits per heavy atom. The Morgan fingerprint density at radius 1 is 0.632 bits per heavy atom. The number of hydrogen-bond acceptors (Lipinski definition) is 2. The van der Waals surface area contributed by atoms with Gasteiger partial charge in [0.2, 0.25) is 0 Å². The van der Waals surface area contributed by atoms with Gasteiger partial charge in [-0.1, -0.05) is 150 Å². The molecule has 0 atom stereocenters. The molecule has 0 aliphatic heterocycles. The predicted molar refractivity (Wildman–Crippen MR) is 166 cm³/mol. The van der Waals surface area contributed by atoms with Gasteiger partial charge in [-0.2, -0.15) is 0 Å². The number of unbranched alkanes of at least 4 members (excludes halogenated alkanes) is 10. The number of thioether (sulfide) groups is 1. The molecule has 0 aliphatic carbocycles. The molecule has 200 valence electrons. The molecule has 0 saturated heterocycles. The second-order valence-corrected chi connectivity index (χ2v) is 11.5. The first-order valence-corrected chi connectivity index (χ1v) is 15.7. The van der Waals surface area contributed by atoms with Gasteiger partial charge < -0.3 is 4.57 Å². The van der Waals surface area contributed by atoms with Gasteiger partial charge in [-0.05, 0) is 29.4 Å². The summed E-state index contributed by atoms with van der Waals surface area (Å²) in [6.45, 7) is 2.85. The third kappa shape index (κ3) is 7.86. The van der Waals surface area contributed by atoms with Crippen LogP contribution >= 0.6 is 11.8 Å². The highest BCUT2D eigenvalue weighted by molar-refractivity contribution is 7.99. The second-order valence-electron chi connectivity index (χ2n) is 10.3. The maximum atomic E-state index is 14.1. The molecule has 4 aromatic rings. The number of para-hydroxylation sites is 1. The van der Waals surface area contributed by atoms with Gasteiger partial charge in [0.1, 0.15) is 0 Å². The zero-order valence-corrected chi connectivity index (χ0v) is 23.9. The Balaban J connectivity index is 1.47. The molecular formula is C35H43NOS. The molecule has 0 saturated carbocycles. The zero-order valence-electron chi connectivity index (χ0n) is 23.0. The lowest BCUT2D eigenvalue weighted by molar-refractivity contribution is 0.555. The largest absolute Gasteiger partial charge is 0.303 e. The molecule has 0 fully saturated rings. The Morgan fingerprint density at radius 2 is 1.18 bits per heavy atom. The SMILES string of the molecule is CCCCCCCCCCCCCSc1c(-c2ccccc2)c(=O)n(Cc2ccccc2)c2ccccc12.